The smallest absolute Gasteiger partial charge is 0.336 e. The molecular formula is C25H23ClN4O3S. The lowest BCUT2D eigenvalue weighted by Crippen LogP contribution is -2.37. The topological polar surface area (TPSA) is 97.1 Å². The first kappa shape index (κ1) is 22.7. The fourth-order valence-electron chi connectivity index (χ4n) is 4.63. The van der Waals surface area contributed by atoms with Crippen molar-refractivity contribution in [2.75, 3.05) is 5.32 Å². The number of thioether (sulfide) groups is 1. The maximum absolute atomic E-state index is 13.3. The van der Waals surface area contributed by atoms with Crippen LogP contribution in [0, 0.1) is 5.41 Å². The van der Waals surface area contributed by atoms with Crippen molar-refractivity contribution < 1.29 is 14.7 Å². The highest BCUT2D eigenvalue weighted by Gasteiger charge is 2.42. The predicted molar refractivity (Wildman–Crippen MR) is 131 cm³/mol. The van der Waals surface area contributed by atoms with Crippen molar-refractivity contribution in [3.63, 3.8) is 0 Å². The van der Waals surface area contributed by atoms with Crippen LogP contribution in [0.15, 0.2) is 65.0 Å². The molecule has 0 radical (unpaired) electrons. The van der Waals surface area contributed by atoms with Gasteiger partial charge < -0.3 is 10.4 Å². The lowest BCUT2D eigenvalue weighted by atomic mass is 9.72. The Balaban J connectivity index is 1.59. The average molecular weight is 495 g/mol. The van der Waals surface area contributed by atoms with Gasteiger partial charge in [-0.05, 0) is 35.1 Å². The maximum atomic E-state index is 13.3. The summed E-state index contributed by atoms with van der Waals surface area (Å²) in [5, 5.41) is 19.1. The third-order valence-electron chi connectivity index (χ3n) is 6.11. The van der Waals surface area contributed by atoms with Crippen LogP contribution in [0.2, 0.25) is 5.02 Å². The SMILES string of the molecule is CC1(C)CC(=O)C2=C(C1)Nc1nc(SCc3ccccc3Cl)nn1C2c1ccccc1C(=O)O. The van der Waals surface area contributed by atoms with Gasteiger partial charge in [-0.3, -0.25) is 4.79 Å². The van der Waals surface area contributed by atoms with Crippen molar-refractivity contribution in [1.29, 1.82) is 0 Å². The first-order valence-electron chi connectivity index (χ1n) is 10.9. The summed E-state index contributed by atoms with van der Waals surface area (Å²) in [5.74, 6) is 0.0276. The summed E-state index contributed by atoms with van der Waals surface area (Å²) < 4.78 is 1.64. The maximum Gasteiger partial charge on any atom is 0.336 e. The quantitative estimate of drug-likeness (QED) is 0.447. The summed E-state index contributed by atoms with van der Waals surface area (Å²) in [4.78, 5) is 30.1. The number of hydrogen-bond donors (Lipinski definition) is 2. The summed E-state index contributed by atoms with van der Waals surface area (Å²) in [6.45, 7) is 4.11. The fraction of sp³-hybridized carbons (Fsp3) is 0.280. The van der Waals surface area contributed by atoms with E-state index in [0.29, 0.717) is 45.9 Å². The number of anilines is 1. The first-order valence-corrected chi connectivity index (χ1v) is 12.3. The van der Waals surface area contributed by atoms with Crippen molar-refractivity contribution in [3.05, 3.63) is 81.5 Å². The molecule has 0 fully saturated rings. The van der Waals surface area contributed by atoms with Gasteiger partial charge in [0.25, 0.3) is 0 Å². The largest absolute Gasteiger partial charge is 0.478 e. The second kappa shape index (κ2) is 8.60. The first-order chi connectivity index (χ1) is 16.2. The third-order valence-corrected chi connectivity index (χ3v) is 7.37. The van der Waals surface area contributed by atoms with Crippen LogP contribution in [0.1, 0.15) is 54.2 Å². The van der Waals surface area contributed by atoms with E-state index in [0.717, 1.165) is 11.3 Å². The number of halogens is 1. The molecule has 3 aromatic rings. The number of benzene rings is 2. The van der Waals surface area contributed by atoms with Gasteiger partial charge in [0, 0.05) is 28.5 Å². The summed E-state index contributed by atoms with van der Waals surface area (Å²) >= 11 is 7.73. The predicted octanol–water partition coefficient (Wildman–Crippen LogP) is 5.58. The minimum absolute atomic E-state index is 0.00429. The van der Waals surface area contributed by atoms with E-state index in [1.165, 1.54) is 11.8 Å². The van der Waals surface area contributed by atoms with Gasteiger partial charge in [0.05, 0.1) is 5.56 Å². The van der Waals surface area contributed by atoms with Crippen LogP contribution in [0.4, 0.5) is 5.95 Å². The third kappa shape index (κ3) is 4.12. The number of carbonyl (C=O) groups excluding carboxylic acids is 1. The Labute approximate surface area is 206 Å². The molecule has 34 heavy (non-hydrogen) atoms. The molecule has 1 unspecified atom stereocenters. The van der Waals surface area contributed by atoms with Crippen LogP contribution >= 0.6 is 23.4 Å². The number of hydrogen-bond acceptors (Lipinski definition) is 6. The van der Waals surface area contributed by atoms with Gasteiger partial charge in [0.1, 0.15) is 6.04 Å². The van der Waals surface area contributed by atoms with Crippen molar-refractivity contribution in [2.45, 2.75) is 43.6 Å². The molecule has 2 aliphatic rings. The molecule has 0 saturated heterocycles. The second-order valence-electron chi connectivity index (χ2n) is 9.30. The van der Waals surface area contributed by atoms with E-state index in [1.54, 1.807) is 28.9 Å². The molecule has 0 amide bonds. The summed E-state index contributed by atoms with van der Waals surface area (Å²) in [6, 6.07) is 13.7. The molecule has 1 aliphatic carbocycles. The number of carbonyl (C=O) groups is 2. The number of ketones is 1. The Morgan fingerprint density at radius 2 is 1.94 bits per heavy atom. The van der Waals surface area contributed by atoms with Gasteiger partial charge in [-0.2, -0.15) is 4.98 Å². The van der Waals surface area contributed by atoms with Gasteiger partial charge in [0.15, 0.2) is 5.78 Å². The van der Waals surface area contributed by atoms with E-state index in [2.05, 4.69) is 24.1 Å². The van der Waals surface area contributed by atoms with Gasteiger partial charge >= 0.3 is 5.97 Å². The number of fused-ring (bicyclic) bond motifs is 1. The molecular weight excluding hydrogens is 472 g/mol. The van der Waals surface area contributed by atoms with E-state index in [9.17, 15) is 14.7 Å². The van der Waals surface area contributed by atoms with E-state index >= 15 is 0 Å². The van der Waals surface area contributed by atoms with Crippen LogP contribution < -0.4 is 5.32 Å². The van der Waals surface area contributed by atoms with Gasteiger partial charge in [-0.1, -0.05) is 73.6 Å². The monoisotopic (exact) mass is 494 g/mol. The number of aromatic nitrogens is 3. The summed E-state index contributed by atoms with van der Waals surface area (Å²) in [7, 11) is 0. The van der Waals surface area contributed by atoms with Gasteiger partial charge in [0.2, 0.25) is 11.1 Å². The van der Waals surface area contributed by atoms with Crippen LogP contribution in [-0.2, 0) is 10.5 Å². The summed E-state index contributed by atoms with van der Waals surface area (Å²) in [6.07, 6.45) is 1.05. The number of Topliss-reactive ketones (excluding diaryl/α,β-unsaturated/α-hetero) is 1. The van der Waals surface area contributed by atoms with Crippen molar-refractivity contribution in [2.24, 2.45) is 5.41 Å². The van der Waals surface area contributed by atoms with Crippen LogP contribution in [0.5, 0.6) is 0 Å². The van der Waals surface area contributed by atoms with Crippen LogP contribution in [-0.4, -0.2) is 31.6 Å². The molecule has 1 aromatic heterocycles. The molecule has 5 rings (SSSR count). The Bertz CT molecular complexity index is 1350. The van der Waals surface area contributed by atoms with Crippen LogP contribution in [0.25, 0.3) is 0 Å². The standard InChI is InChI=1S/C25H23ClN4O3S/c1-25(2)11-18-20(19(31)12-25)21(15-8-4-5-9-16(15)22(32)33)30-23(27-18)28-24(29-30)34-13-14-7-3-6-10-17(14)26/h3-10,21H,11-13H2,1-2H3,(H,32,33)(H,27,28,29). The number of rotatable bonds is 5. The second-order valence-corrected chi connectivity index (χ2v) is 10.6. The highest BCUT2D eigenvalue weighted by molar-refractivity contribution is 7.98. The number of aromatic carboxylic acids is 1. The number of carboxylic acid groups (broad SMARTS) is 1. The minimum Gasteiger partial charge on any atom is -0.478 e. The van der Waals surface area contributed by atoms with Crippen molar-refractivity contribution in [1.82, 2.24) is 14.8 Å². The number of carboxylic acids is 1. The van der Waals surface area contributed by atoms with E-state index < -0.39 is 12.0 Å². The zero-order valence-corrected chi connectivity index (χ0v) is 20.3. The molecule has 0 bridgehead atoms. The molecule has 2 heterocycles. The molecule has 2 aromatic carbocycles. The van der Waals surface area contributed by atoms with E-state index in [-0.39, 0.29) is 16.8 Å². The molecule has 1 atom stereocenters. The fourth-order valence-corrected chi connectivity index (χ4v) is 5.74. The number of nitrogens with one attached hydrogen (secondary N) is 1. The number of allylic oxidation sites excluding steroid dienone is 2. The lowest BCUT2D eigenvalue weighted by molar-refractivity contribution is -0.118. The molecule has 1 aliphatic heterocycles. The van der Waals surface area contributed by atoms with Crippen molar-refractivity contribution >= 4 is 41.1 Å². The minimum atomic E-state index is -1.05. The zero-order valence-electron chi connectivity index (χ0n) is 18.7. The van der Waals surface area contributed by atoms with E-state index in [1.807, 2.05) is 24.3 Å². The summed E-state index contributed by atoms with van der Waals surface area (Å²) in [5.41, 5.74) is 2.78. The highest BCUT2D eigenvalue weighted by Crippen LogP contribution is 2.46. The Morgan fingerprint density at radius 1 is 1.21 bits per heavy atom. The average Bonchev–Trinajstić information content (AvgIpc) is 3.18. The molecule has 2 N–H and O–H groups in total. The van der Waals surface area contributed by atoms with Gasteiger partial charge in [-0.25, -0.2) is 9.48 Å². The highest BCUT2D eigenvalue weighted by atomic mass is 35.5. The Kier molecular flexibility index (Phi) is 5.73. The lowest BCUT2D eigenvalue weighted by Gasteiger charge is -2.38. The normalized spacial score (nSPS) is 18.8. The van der Waals surface area contributed by atoms with Crippen molar-refractivity contribution in [3.8, 4) is 0 Å². The van der Waals surface area contributed by atoms with Crippen LogP contribution in [0.3, 0.4) is 0 Å². The molecule has 174 valence electrons. The Morgan fingerprint density at radius 3 is 2.71 bits per heavy atom. The van der Waals surface area contributed by atoms with E-state index in [4.69, 9.17) is 16.7 Å². The molecule has 7 nitrogen and oxygen atoms in total. The Hall–Kier alpha value is -3.10. The number of nitrogens with zero attached hydrogens (tertiary/aromatic N) is 3. The zero-order chi connectivity index (χ0) is 24.0. The molecule has 0 saturated carbocycles. The molecule has 9 heteroatoms. The molecule has 0 spiro atoms. The van der Waals surface area contributed by atoms with Gasteiger partial charge in [-0.15, -0.1) is 5.10 Å².